The Morgan fingerprint density at radius 2 is 2.16 bits per heavy atom. The fourth-order valence-corrected chi connectivity index (χ4v) is 3.40. The summed E-state index contributed by atoms with van der Waals surface area (Å²) < 4.78 is 18.7. The van der Waals surface area contributed by atoms with Crippen molar-refractivity contribution < 1.29 is 23.8 Å². The molecule has 2 rings (SSSR count). The van der Waals surface area contributed by atoms with Gasteiger partial charge in [0.1, 0.15) is 4.88 Å². The number of carbonyl (C=O) groups is 2. The Kier molecular flexibility index (Phi) is 6.08. The molecule has 6 nitrogen and oxygen atoms in total. The normalized spacial score (nSPS) is 11.8. The average molecular weight is 366 g/mol. The Bertz CT molecular complexity index is 791. The van der Waals surface area contributed by atoms with Gasteiger partial charge in [0, 0.05) is 0 Å². The summed E-state index contributed by atoms with van der Waals surface area (Å²) in [5.74, 6) is -2.52. The zero-order chi connectivity index (χ0) is 18.6. The smallest absolute Gasteiger partial charge is 0.330 e. The van der Waals surface area contributed by atoms with Crippen LogP contribution in [-0.4, -0.2) is 29.1 Å². The van der Waals surface area contributed by atoms with Gasteiger partial charge in [-0.15, -0.1) is 11.3 Å². The van der Waals surface area contributed by atoms with Crippen LogP contribution in [0.3, 0.4) is 0 Å². The fraction of sp³-hybridized carbons (Fsp3) is 0.353. The van der Waals surface area contributed by atoms with Crippen molar-refractivity contribution in [2.75, 3.05) is 7.11 Å². The highest BCUT2D eigenvalue weighted by Crippen LogP contribution is 2.24. The molecule has 0 radical (unpaired) electrons. The van der Waals surface area contributed by atoms with Crippen LogP contribution < -0.4 is 10.1 Å². The number of ether oxygens (including phenoxy) is 1. The molecule has 0 saturated carbocycles. The number of aliphatic carboxylic acids is 1. The molecule has 1 aromatic heterocycles. The number of thiazole rings is 1. The van der Waals surface area contributed by atoms with E-state index in [0.29, 0.717) is 10.6 Å². The van der Waals surface area contributed by atoms with Gasteiger partial charge in [0.25, 0.3) is 5.91 Å². The van der Waals surface area contributed by atoms with Gasteiger partial charge in [-0.1, -0.05) is 13.0 Å². The van der Waals surface area contributed by atoms with E-state index in [-0.39, 0.29) is 11.3 Å². The first-order valence-corrected chi connectivity index (χ1v) is 8.52. The monoisotopic (exact) mass is 366 g/mol. The van der Waals surface area contributed by atoms with E-state index in [1.807, 2.05) is 6.92 Å². The standard InChI is InChI=1S/C17H19FN2O4S/c1-4-5-13-19-9(2)15(25-13)16(21)20-14(17(22)23)10-6-7-12(24-3)11(18)8-10/h6-8,14H,4-5H2,1-3H3,(H,20,21)(H,22,23). The lowest BCUT2D eigenvalue weighted by atomic mass is 10.1. The first-order valence-electron chi connectivity index (χ1n) is 7.70. The van der Waals surface area contributed by atoms with Crippen molar-refractivity contribution in [1.29, 1.82) is 0 Å². The molecule has 0 spiro atoms. The first-order chi connectivity index (χ1) is 11.9. The average Bonchev–Trinajstić information content (AvgIpc) is 2.93. The second kappa shape index (κ2) is 8.06. The molecule has 0 bridgehead atoms. The van der Waals surface area contributed by atoms with Crippen LogP contribution in [0.2, 0.25) is 0 Å². The number of carboxylic acid groups (broad SMARTS) is 1. The number of aryl methyl sites for hydroxylation is 2. The molecule has 0 aliphatic heterocycles. The molecule has 8 heteroatoms. The number of carbonyl (C=O) groups excluding carboxylic acids is 1. The van der Waals surface area contributed by atoms with Gasteiger partial charge in [0.2, 0.25) is 0 Å². The van der Waals surface area contributed by atoms with Crippen molar-refractivity contribution in [2.24, 2.45) is 0 Å². The predicted molar refractivity (Wildman–Crippen MR) is 91.6 cm³/mol. The molecular weight excluding hydrogens is 347 g/mol. The van der Waals surface area contributed by atoms with E-state index < -0.39 is 23.7 Å². The summed E-state index contributed by atoms with van der Waals surface area (Å²) >= 11 is 1.24. The maximum atomic E-state index is 13.8. The van der Waals surface area contributed by atoms with Crippen LogP contribution in [0.15, 0.2) is 18.2 Å². The number of hydrogen-bond donors (Lipinski definition) is 2. The van der Waals surface area contributed by atoms with E-state index in [0.717, 1.165) is 23.9 Å². The number of halogens is 1. The highest BCUT2D eigenvalue weighted by atomic mass is 32.1. The molecule has 0 saturated heterocycles. The van der Waals surface area contributed by atoms with Crippen LogP contribution in [0.25, 0.3) is 0 Å². The zero-order valence-electron chi connectivity index (χ0n) is 14.1. The van der Waals surface area contributed by atoms with E-state index in [9.17, 15) is 19.1 Å². The summed E-state index contributed by atoms with van der Waals surface area (Å²) in [6.07, 6.45) is 1.65. The van der Waals surface area contributed by atoms with Crippen LogP contribution >= 0.6 is 11.3 Å². The molecule has 2 N–H and O–H groups in total. The molecular formula is C17H19FN2O4S. The molecule has 1 unspecified atom stereocenters. The number of benzene rings is 1. The van der Waals surface area contributed by atoms with Gasteiger partial charge in [-0.25, -0.2) is 14.2 Å². The number of carboxylic acids is 1. The van der Waals surface area contributed by atoms with E-state index in [1.54, 1.807) is 6.92 Å². The number of nitrogens with zero attached hydrogens (tertiary/aromatic N) is 1. The first kappa shape index (κ1) is 18.9. The van der Waals surface area contributed by atoms with Crippen molar-refractivity contribution in [3.8, 4) is 5.75 Å². The van der Waals surface area contributed by atoms with E-state index in [2.05, 4.69) is 10.3 Å². The number of methoxy groups -OCH3 is 1. The molecule has 0 fully saturated rings. The van der Waals surface area contributed by atoms with Crippen LogP contribution in [-0.2, 0) is 11.2 Å². The fourth-order valence-electron chi connectivity index (χ4n) is 2.33. The molecule has 0 aliphatic carbocycles. The molecule has 0 aliphatic rings. The third-order valence-electron chi connectivity index (χ3n) is 3.54. The number of amides is 1. The summed E-state index contributed by atoms with van der Waals surface area (Å²) in [4.78, 5) is 28.7. The van der Waals surface area contributed by atoms with Gasteiger partial charge in [-0.2, -0.15) is 0 Å². The van der Waals surface area contributed by atoms with Crippen LogP contribution in [0.5, 0.6) is 5.75 Å². The summed E-state index contributed by atoms with van der Waals surface area (Å²) in [6.45, 7) is 3.71. The van der Waals surface area contributed by atoms with Crippen LogP contribution in [0.4, 0.5) is 4.39 Å². The minimum atomic E-state index is -1.37. The van der Waals surface area contributed by atoms with Crippen molar-refractivity contribution in [3.05, 3.63) is 45.2 Å². The lowest BCUT2D eigenvalue weighted by Gasteiger charge is -2.15. The Morgan fingerprint density at radius 1 is 1.44 bits per heavy atom. The Balaban J connectivity index is 2.26. The summed E-state index contributed by atoms with van der Waals surface area (Å²) in [7, 11) is 1.31. The van der Waals surface area contributed by atoms with Crippen LogP contribution in [0.1, 0.15) is 45.3 Å². The maximum Gasteiger partial charge on any atom is 0.330 e. The second-order valence-electron chi connectivity index (χ2n) is 5.41. The largest absolute Gasteiger partial charge is 0.494 e. The van der Waals surface area contributed by atoms with Crippen molar-refractivity contribution >= 4 is 23.2 Å². The molecule has 1 aromatic carbocycles. The van der Waals surface area contributed by atoms with Crippen LogP contribution in [0, 0.1) is 12.7 Å². The third-order valence-corrected chi connectivity index (χ3v) is 4.76. The third kappa shape index (κ3) is 4.33. The zero-order valence-corrected chi connectivity index (χ0v) is 14.9. The summed E-state index contributed by atoms with van der Waals surface area (Å²) in [6, 6.07) is 2.40. The second-order valence-corrected chi connectivity index (χ2v) is 6.49. The number of rotatable bonds is 7. The SMILES string of the molecule is CCCc1nc(C)c(C(=O)NC(C(=O)O)c2ccc(OC)c(F)c2)s1. The van der Waals surface area contributed by atoms with Gasteiger partial charge >= 0.3 is 5.97 Å². The number of aromatic nitrogens is 1. The van der Waals surface area contributed by atoms with Gasteiger partial charge in [-0.3, -0.25) is 4.79 Å². The number of nitrogens with one attached hydrogen (secondary N) is 1. The Morgan fingerprint density at radius 3 is 2.72 bits per heavy atom. The van der Waals surface area contributed by atoms with Crippen molar-refractivity contribution in [1.82, 2.24) is 10.3 Å². The van der Waals surface area contributed by atoms with Gasteiger partial charge < -0.3 is 15.2 Å². The lowest BCUT2D eigenvalue weighted by Crippen LogP contribution is -2.33. The number of hydrogen-bond acceptors (Lipinski definition) is 5. The van der Waals surface area contributed by atoms with Crippen molar-refractivity contribution in [2.45, 2.75) is 32.7 Å². The molecule has 134 valence electrons. The maximum absolute atomic E-state index is 13.8. The highest BCUT2D eigenvalue weighted by Gasteiger charge is 2.26. The molecule has 1 atom stereocenters. The molecule has 25 heavy (non-hydrogen) atoms. The highest BCUT2D eigenvalue weighted by molar-refractivity contribution is 7.13. The minimum Gasteiger partial charge on any atom is -0.494 e. The van der Waals surface area contributed by atoms with Gasteiger partial charge in [0.15, 0.2) is 17.6 Å². The molecule has 2 aromatic rings. The summed E-state index contributed by atoms with van der Waals surface area (Å²) in [5, 5.41) is 12.7. The lowest BCUT2D eigenvalue weighted by molar-refractivity contribution is -0.139. The Hall–Kier alpha value is -2.48. The predicted octanol–water partition coefficient (Wildman–Crippen LogP) is 3.11. The molecule has 1 amide bonds. The topological polar surface area (TPSA) is 88.5 Å². The van der Waals surface area contributed by atoms with Crippen molar-refractivity contribution in [3.63, 3.8) is 0 Å². The van der Waals surface area contributed by atoms with E-state index >= 15 is 0 Å². The van der Waals surface area contributed by atoms with E-state index in [1.165, 1.54) is 30.6 Å². The summed E-state index contributed by atoms with van der Waals surface area (Å²) in [5.41, 5.74) is 0.672. The molecule has 1 heterocycles. The minimum absolute atomic E-state index is 0.00160. The van der Waals surface area contributed by atoms with Gasteiger partial charge in [-0.05, 0) is 37.5 Å². The van der Waals surface area contributed by atoms with Gasteiger partial charge in [0.05, 0.1) is 17.8 Å². The quantitative estimate of drug-likeness (QED) is 0.786. The Labute approximate surface area is 148 Å². The van der Waals surface area contributed by atoms with E-state index in [4.69, 9.17) is 4.74 Å².